The maximum Gasteiger partial charge on any atom is 0.225 e. The number of hydrogen-bond donors (Lipinski definition) is 0. The Morgan fingerprint density at radius 2 is 1.60 bits per heavy atom. The lowest BCUT2D eigenvalue weighted by molar-refractivity contribution is -0.138. The highest BCUT2D eigenvalue weighted by Crippen LogP contribution is 2.24. The molecule has 1 amide bonds. The monoisotopic (exact) mass is 302 g/mol. The fraction of sp³-hybridized carbons (Fsp3) is 0.929. The maximum atomic E-state index is 12.4. The molecule has 2 rings (SSSR count). The smallest absolute Gasteiger partial charge is 0.225 e. The zero-order valence-electron chi connectivity index (χ0n) is 12.5. The van der Waals surface area contributed by atoms with Crippen molar-refractivity contribution < 1.29 is 13.2 Å². The van der Waals surface area contributed by atoms with Gasteiger partial charge in [-0.05, 0) is 38.5 Å². The predicted molar refractivity (Wildman–Crippen MR) is 78.7 cm³/mol. The van der Waals surface area contributed by atoms with E-state index < -0.39 is 10.0 Å². The van der Waals surface area contributed by atoms with E-state index in [1.165, 1.54) is 4.31 Å². The summed E-state index contributed by atoms with van der Waals surface area (Å²) < 4.78 is 25.1. The zero-order chi connectivity index (χ0) is 14.8. The highest BCUT2D eigenvalue weighted by Gasteiger charge is 2.33. The first-order valence-corrected chi connectivity index (χ1v) is 9.31. The van der Waals surface area contributed by atoms with Crippen LogP contribution in [0.4, 0.5) is 0 Å². The van der Waals surface area contributed by atoms with E-state index in [2.05, 4.69) is 6.92 Å². The minimum Gasteiger partial charge on any atom is -0.342 e. The molecular formula is C14H26N2O3S. The zero-order valence-corrected chi connectivity index (χ0v) is 13.4. The molecule has 0 aromatic rings. The van der Waals surface area contributed by atoms with E-state index >= 15 is 0 Å². The number of piperidine rings is 2. The summed E-state index contributed by atoms with van der Waals surface area (Å²) in [5, 5.41) is 0. The molecule has 0 atom stereocenters. The van der Waals surface area contributed by atoms with Crippen molar-refractivity contribution in [3.05, 3.63) is 0 Å². The molecule has 20 heavy (non-hydrogen) atoms. The van der Waals surface area contributed by atoms with Crippen LogP contribution in [0.5, 0.6) is 0 Å². The van der Waals surface area contributed by atoms with Crippen molar-refractivity contribution in [3.8, 4) is 0 Å². The minimum absolute atomic E-state index is 0.0201. The molecule has 6 heteroatoms. The number of amides is 1. The second-order valence-electron chi connectivity index (χ2n) is 6.08. The van der Waals surface area contributed by atoms with E-state index in [0.717, 1.165) is 31.8 Å². The molecule has 0 spiro atoms. The molecule has 0 bridgehead atoms. The van der Waals surface area contributed by atoms with Crippen molar-refractivity contribution in [1.29, 1.82) is 0 Å². The van der Waals surface area contributed by atoms with Crippen LogP contribution in [0.3, 0.4) is 0 Å². The lowest BCUT2D eigenvalue weighted by Gasteiger charge is -2.36. The third-order valence-electron chi connectivity index (χ3n) is 4.66. The van der Waals surface area contributed by atoms with Gasteiger partial charge in [0.15, 0.2) is 0 Å². The Balaban J connectivity index is 1.86. The van der Waals surface area contributed by atoms with Gasteiger partial charge in [0.05, 0.1) is 5.75 Å². The van der Waals surface area contributed by atoms with E-state index in [-0.39, 0.29) is 17.6 Å². The van der Waals surface area contributed by atoms with Gasteiger partial charge in [0.1, 0.15) is 0 Å². The SMILES string of the molecule is CCS(=O)(=O)N1CCC(C(=O)N2CCC(C)CC2)CC1. The van der Waals surface area contributed by atoms with Crippen LogP contribution in [0.25, 0.3) is 0 Å². The summed E-state index contributed by atoms with van der Waals surface area (Å²) in [7, 11) is -3.09. The topological polar surface area (TPSA) is 57.7 Å². The Morgan fingerprint density at radius 1 is 1.05 bits per heavy atom. The first-order valence-electron chi connectivity index (χ1n) is 7.70. The molecule has 0 saturated carbocycles. The van der Waals surface area contributed by atoms with Gasteiger partial charge in [0.25, 0.3) is 0 Å². The van der Waals surface area contributed by atoms with Crippen molar-refractivity contribution in [3.63, 3.8) is 0 Å². The summed E-state index contributed by atoms with van der Waals surface area (Å²) >= 11 is 0. The number of carbonyl (C=O) groups is 1. The minimum atomic E-state index is -3.09. The normalized spacial score (nSPS) is 24.0. The summed E-state index contributed by atoms with van der Waals surface area (Å²) in [5.41, 5.74) is 0. The molecule has 0 aromatic heterocycles. The van der Waals surface area contributed by atoms with Crippen LogP contribution in [-0.4, -0.2) is 55.5 Å². The summed E-state index contributed by atoms with van der Waals surface area (Å²) in [6.07, 6.45) is 3.53. The van der Waals surface area contributed by atoms with Gasteiger partial charge in [-0.15, -0.1) is 0 Å². The number of sulfonamides is 1. The quantitative estimate of drug-likeness (QED) is 0.790. The Kier molecular flexibility index (Phi) is 5.07. The molecule has 2 heterocycles. The summed E-state index contributed by atoms with van der Waals surface area (Å²) in [6.45, 7) is 6.63. The first-order chi connectivity index (χ1) is 9.44. The van der Waals surface area contributed by atoms with Crippen LogP contribution < -0.4 is 0 Å². The standard InChI is InChI=1S/C14H26N2O3S/c1-3-20(18,19)16-10-6-13(7-11-16)14(17)15-8-4-12(2)5-9-15/h12-13H,3-11H2,1-2H3. The molecule has 2 aliphatic heterocycles. The molecular weight excluding hydrogens is 276 g/mol. The van der Waals surface area contributed by atoms with E-state index in [9.17, 15) is 13.2 Å². The van der Waals surface area contributed by atoms with Crippen LogP contribution >= 0.6 is 0 Å². The van der Waals surface area contributed by atoms with Crippen molar-refractivity contribution in [2.75, 3.05) is 31.9 Å². The first kappa shape index (κ1) is 15.8. The summed E-state index contributed by atoms with van der Waals surface area (Å²) in [5.74, 6) is 1.13. The van der Waals surface area contributed by atoms with Crippen LogP contribution in [0.15, 0.2) is 0 Å². The van der Waals surface area contributed by atoms with Crippen molar-refractivity contribution in [2.24, 2.45) is 11.8 Å². The number of likely N-dealkylation sites (tertiary alicyclic amines) is 1. The van der Waals surface area contributed by atoms with E-state index in [4.69, 9.17) is 0 Å². The average molecular weight is 302 g/mol. The van der Waals surface area contributed by atoms with E-state index in [0.29, 0.717) is 25.9 Å². The van der Waals surface area contributed by atoms with E-state index in [1.807, 2.05) is 4.90 Å². The fourth-order valence-corrected chi connectivity index (χ4v) is 4.18. The van der Waals surface area contributed by atoms with Gasteiger partial charge < -0.3 is 4.90 Å². The number of rotatable bonds is 3. The lowest BCUT2D eigenvalue weighted by atomic mass is 9.93. The van der Waals surface area contributed by atoms with Gasteiger partial charge >= 0.3 is 0 Å². The molecule has 2 aliphatic rings. The molecule has 5 nitrogen and oxygen atoms in total. The predicted octanol–water partition coefficient (Wildman–Crippen LogP) is 1.31. The Labute approximate surface area is 122 Å². The third kappa shape index (κ3) is 3.52. The van der Waals surface area contributed by atoms with Gasteiger partial charge in [0, 0.05) is 32.1 Å². The van der Waals surface area contributed by atoms with E-state index in [1.54, 1.807) is 6.92 Å². The van der Waals surface area contributed by atoms with Gasteiger partial charge in [-0.2, -0.15) is 0 Å². The molecule has 0 aliphatic carbocycles. The van der Waals surface area contributed by atoms with Gasteiger partial charge in [0.2, 0.25) is 15.9 Å². The number of carbonyl (C=O) groups excluding carboxylic acids is 1. The Morgan fingerprint density at radius 3 is 2.10 bits per heavy atom. The Bertz CT molecular complexity index is 433. The van der Waals surface area contributed by atoms with Crippen LogP contribution in [0, 0.1) is 11.8 Å². The molecule has 0 unspecified atom stereocenters. The highest BCUT2D eigenvalue weighted by atomic mass is 32.2. The molecule has 0 aromatic carbocycles. The summed E-state index contributed by atoms with van der Waals surface area (Å²) in [4.78, 5) is 14.4. The summed E-state index contributed by atoms with van der Waals surface area (Å²) in [6, 6.07) is 0. The van der Waals surface area contributed by atoms with Crippen LogP contribution in [0.1, 0.15) is 39.5 Å². The number of hydrogen-bond acceptors (Lipinski definition) is 3. The van der Waals surface area contributed by atoms with Crippen molar-refractivity contribution in [2.45, 2.75) is 39.5 Å². The maximum absolute atomic E-state index is 12.4. The lowest BCUT2D eigenvalue weighted by Crippen LogP contribution is -2.46. The molecule has 2 fully saturated rings. The van der Waals surface area contributed by atoms with Crippen LogP contribution in [-0.2, 0) is 14.8 Å². The molecule has 0 radical (unpaired) electrons. The van der Waals surface area contributed by atoms with Crippen LogP contribution in [0.2, 0.25) is 0 Å². The fourth-order valence-electron chi connectivity index (χ4n) is 3.05. The Hall–Kier alpha value is -0.620. The molecule has 116 valence electrons. The molecule has 0 N–H and O–H groups in total. The second kappa shape index (κ2) is 6.43. The largest absolute Gasteiger partial charge is 0.342 e. The second-order valence-corrected chi connectivity index (χ2v) is 8.34. The molecule has 2 saturated heterocycles. The van der Waals surface area contributed by atoms with Crippen molar-refractivity contribution in [1.82, 2.24) is 9.21 Å². The average Bonchev–Trinajstić information content (AvgIpc) is 2.47. The third-order valence-corrected chi connectivity index (χ3v) is 6.54. The van der Waals surface area contributed by atoms with Gasteiger partial charge in [-0.1, -0.05) is 6.92 Å². The van der Waals surface area contributed by atoms with Crippen molar-refractivity contribution >= 4 is 15.9 Å². The highest BCUT2D eigenvalue weighted by molar-refractivity contribution is 7.89. The van der Waals surface area contributed by atoms with Gasteiger partial charge in [-0.25, -0.2) is 12.7 Å². The van der Waals surface area contributed by atoms with Gasteiger partial charge in [-0.3, -0.25) is 4.79 Å². The number of nitrogens with zero attached hydrogens (tertiary/aromatic N) is 2.